The standard InChI is InChI=1S/C15H21N3O3/c1-21-15(20)9-13-4-2-3-7-18(13)14(19)8-12-6-5-11(16)10-17-12/h5-6,10,13H,2-4,7-9,16H2,1H3. The van der Waals surface area contributed by atoms with Crippen molar-refractivity contribution in [1.82, 2.24) is 9.88 Å². The fraction of sp³-hybridized carbons (Fsp3) is 0.533. The zero-order valence-corrected chi connectivity index (χ0v) is 12.2. The van der Waals surface area contributed by atoms with Crippen LogP contribution in [0.2, 0.25) is 0 Å². The summed E-state index contributed by atoms with van der Waals surface area (Å²) in [6.07, 6.45) is 4.89. The third-order valence-corrected chi connectivity index (χ3v) is 3.76. The average molecular weight is 291 g/mol. The minimum absolute atomic E-state index is 0.000810. The van der Waals surface area contributed by atoms with E-state index in [2.05, 4.69) is 4.98 Å². The fourth-order valence-corrected chi connectivity index (χ4v) is 2.61. The van der Waals surface area contributed by atoms with Crippen LogP contribution >= 0.6 is 0 Å². The number of nitrogen functional groups attached to an aromatic ring is 1. The van der Waals surface area contributed by atoms with Gasteiger partial charge in [0.1, 0.15) is 0 Å². The lowest BCUT2D eigenvalue weighted by atomic mass is 9.98. The summed E-state index contributed by atoms with van der Waals surface area (Å²) in [7, 11) is 1.37. The number of piperidine rings is 1. The molecule has 21 heavy (non-hydrogen) atoms. The van der Waals surface area contributed by atoms with Crippen molar-refractivity contribution in [2.75, 3.05) is 19.4 Å². The first kappa shape index (κ1) is 15.3. The van der Waals surface area contributed by atoms with Crippen LogP contribution in [-0.2, 0) is 20.7 Å². The predicted octanol–water partition coefficient (Wildman–Crippen LogP) is 1.15. The molecule has 1 fully saturated rings. The second-order valence-electron chi connectivity index (χ2n) is 5.28. The van der Waals surface area contributed by atoms with E-state index >= 15 is 0 Å². The molecule has 6 heteroatoms. The predicted molar refractivity (Wildman–Crippen MR) is 78.3 cm³/mol. The third kappa shape index (κ3) is 4.18. The number of hydrogen-bond acceptors (Lipinski definition) is 5. The third-order valence-electron chi connectivity index (χ3n) is 3.76. The van der Waals surface area contributed by atoms with E-state index in [1.165, 1.54) is 7.11 Å². The molecule has 1 saturated heterocycles. The first-order chi connectivity index (χ1) is 10.1. The van der Waals surface area contributed by atoms with Gasteiger partial charge in [-0.2, -0.15) is 0 Å². The van der Waals surface area contributed by atoms with Crippen LogP contribution in [0.25, 0.3) is 0 Å². The van der Waals surface area contributed by atoms with E-state index in [0.29, 0.717) is 17.9 Å². The highest BCUT2D eigenvalue weighted by atomic mass is 16.5. The summed E-state index contributed by atoms with van der Waals surface area (Å²) >= 11 is 0. The van der Waals surface area contributed by atoms with Gasteiger partial charge in [-0.05, 0) is 31.4 Å². The quantitative estimate of drug-likeness (QED) is 0.841. The molecule has 0 aromatic carbocycles. The molecule has 2 rings (SSSR count). The van der Waals surface area contributed by atoms with Crippen LogP contribution in [0, 0.1) is 0 Å². The SMILES string of the molecule is COC(=O)CC1CCCCN1C(=O)Cc1ccc(N)cn1. The zero-order chi connectivity index (χ0) is 15.2. The Balaban J connectivity index is 2.00. The Morgan fingerprint density at radius 1 is 1.43 bits per heavy atom. The minimum Gasteiger partial charge on any atom is -0.469 e. The van der Waals surface area contributed by atoms with E-state index in [1.54, 1.807) is 23.2 Å². The summed E-state index contributed by atoms with van der Waals surface area (Å²) in [6, 6.07) is 3.43. The number of carbonyl (C=O) groups excluding carboxylic acids is 2. The van der Waals surface area contributed by atoms with Gasteiger partial charge in [-0.3, -0.25) is 14.6 Å². The van der Waals surface area contributed by atoms with Gasteiger partial charge in [-0.25, -0.2) is 0 Å². The van der Waals surface area contributed by atoms with E-state index in [1.807, 2.05) is 0 Å². The molecule has 114 valence electrons. The van der Waals surface area contributed by atoms with Crippen LogP contribution in [0.4, 0.5) is 5.69 Å². The van der Waals surface area contributed by atoms with Gasteiger partial charge in [0.05, 0.1) is 31.8 Å². The summed E-state index contributed by atoms with van der Waals surface area (Å²) in [5.41, 5.74) is 6.85. The number of nitrogens with zero attached hydrogens (tertiary/aromatic N) is 2. The maximum atomic E-state index is 12.4. The van der Waals surface area contributed by atoms with Crippen molar-refractivity contribution in [3.8, 4) is 0 Å². The van der Waals surface area contributed by atoms with Gasteiger partial charge < -0.3 is 15.4 Å². The number of pyridine rings is 1. The Bertz CT molecular complexity index is 501. The Morgan fingerprint density at radius 2 is 2.24 bits per heavy atom. The second-order valence-corrected chi connectivity index (χ2v) is 5.28. The first-order valence-corrected chi connectivity index (χ1v) is 7.17. The molecule has 1 aliphatic rings. The van der Waals surface area contributed by atoms with Crippen LogP contribution in [0.1, 0.15) is 31.4 Å². The molecule has 2 N–H and O–H groups in total. The number of amides is 1. The molecule has 0 aliphatic carbocycles. The lowest BCUT2D eigenvalue weighted by Gasteiger charge is -2.35. The summed E-state index contributed by atoms with van der Waals surface area (Å²) in [4.78, 5) is 29.8. The monoisotopic (exact) mass is 291 g/mol. The normalized spacial score (nSPS) is 18.3. The van der Waals surface area contributed by atoms with Crippen LogP contribution in [0.5, 0.6) is 0 Å². The molecule has 1 unspecified atom stereocenters. The molecule has 6 nitrogen and oxygen atoms in total. The van der Waals surface area contributed by atoms with Gasteiger partial charge in [0, 0.05) is 18.3 Å². The molecule has 1 aromatic heterocycles. The maximum Gasteiger partial charge on any atom is 0.307 e. The van der Waals surface area contributed by atoms with Crippen LogP contribution in [-0.4, -0.2) is 41.5 Å². The van der Waals surface area contributed by atoms with Crippen molar-refractivity contribution in [1.29, 1.82) is 0 Å². The van der Waals surface area contributed by atoms with E-state index in [4.69, 9.17) is 10.5 Å². The van der Waals surface area contributed by atoms with Crippen molar-refractivity contribution in [2.24, 2.45) is 0 Å². The molecule has 1 amide bonds. The van der Waals surface area contributed by atoms with Gasteiger partial charge >= 0.3 is 5.97 Å². The molecule has 0 bridgehead atoms. The summed E-state index contributed by atoms with van der Waals surface area (Å²) in [5.74, 6) is -0.272. The Hall–Kier alpha value is -2.11. The number of hydrogen-bond donors (Lipinski definition) is 1. The largest absolute Gasteiger partial charge is 0.469 e. The lowest BCUT2D eigenvalue weighted by molar-refractivity contribution is -0.144. The van der Waals surface area contributed by atoms with Crippen molar-refractivity contribution in [2.45, 2.75) is 38.1 Å². The number of aromatic nitrogens is 1. The number of anilines is 1. The van der Waals surface area contributed by atoms with Crippen molar-refractivity contribution < 1.29 is 14.3 Å². The van der Waals surface area contributed by atoms with Gasteiger partial charge in [0.25, 0.3) is 0 Å². The highest BCUT2D eigenvalue weighted by Gasteiger charge is 2.28. The summed E-state index contributed by atoms with van der Waals surface area (Å²) < 4.78 is 4.71. The molecule has 1 atom stereocenters. The van der Waals surface area contributed by atoms with E-state index in [0.717, 1.165) is 19.3 Å². The number of likely N-dealkylation sites (tertiary alicyclic amines) is 1. The number of esters is 1. The molecule has 2 heterocycles. The van der Waals surface area contributed by atoms with Crippen molar-refractivity contribution >= 4 is 17.6 Å². The van der Waals surface area contributed by atoms with Crippen LogP contribution in [0.15, 0.2) is 18.3 Å². The lowest BCUT2D eigenvalue weighted by Crippen LogP contribution is -2.45. The molecular formula is C15H21N3O3. The summed E-state index contributed by atoms with van der Waals surface area (Å²) in [6.45, 7) is 0.690. The zero-order valence-electron chi connectivity index (χ0n) is 12.2. The van der Waals surface area contributed by atoms with Gasteiger partial charge in [-0.1, -0.05) is 0 Å². The van der Waals surface area contributed by atoms with E-state index in [-0.39, 0.29) is 30.8 Å². The maximum absolute atomic E-state index is 12.4. The van der Waals surface area contributed by atoms with Gasteiger partial charge in [0.2, 0.25) is 5.91 Å². The number of methoxy groups -OCH3 is 1. The minimum atomic E-state index is -0.273. The fourth-order valence-electron chi connectivity index (χ4n) is 2.61. The molecule has 0 saturated carbocycles. The summed E-state index contributed by atoms with van der Waals surface area (Å²) in [5, 5.41) is 0. The Labute approximate surface area is 124 Å². The number of nitrogens with two attached hydrogens (primary N) is 1. The Morgan fingerprint density at radius 3 is 2.90 bits per heavy atom. The Kier molecular flexibility index (Phi) is 5.14. The second kappa shape index (κ2) is 7.06. The molecule has 1 aromatic rings. The number of ether oxygens (including phenoxy) is 1. The van der Waals surface area contributed by atoms with E-state index in [9.17, 15) is 9.59 Å². The highest BCUT2D eigenvalue weighted by Crippen LogP contribution is 2.21. The number of carbonyl (C=O) groups is 2. The van der Waals surface area contributed by atoms with Gasteiger partial charge in [-0.15, -0.1) is 0 Å². The molecule has 1 aliphatic heterocycles. The van der Waals surface area contributed by atoms with Crippen LogP contribution in [0.3, 0.4) is 0 Å². The first-order valence-electron chi connectivity index (χ1n) is 7.17. The van der Waals surface area contributed by atoms with Crippen LogP contribution < -0.4 is 5.73 Å². The van der Waals surface area contributed by atoms with Crippen molar-refractivity contribution in [3.63, 3.8) is 0 Å². The smallest absolute Gasteiger partial charge is 0.307 e. The molecule has 0 radical (unpaired) electrons. The van der Waals surface area contributed by atoms with Gasteiger partial charge in [0.15, 0.2) is 0 Å². The van der Waals surface area contributed by atoms with Crippen molar-refractivity contribution in [3.05, 3.63) is 24.0 Å². The molecular weight excluding hydrogens is 270 g/mol. The topological polar surface area (TPSA) is 85.5 Å². The molecule has 0 spiro atoms. The van der Waals surface area contributed by atoms with E-state index < -0.39 is 0 Å². The number of rotatable bonds is 4. The highest BCUT2D eigenvalue weighted by molar-refractivity contribution is 5.80. The average Bonchev–Trinajstić information content (AvgIpc) is 2.50.